The van der Waals surface area contributed by atoms with Crippen LogP contribution in [0.3, 0.4) is 0 Å². The van der Waals surface area contributed by atoms with Gasteiger partial charge in [0.2, 0.25) is 0 Å². The van der Waals surface area contributed by atoms with Crippen molar-refractivity contribution in [3.63, 3.8) is 0 Å². The topological polar surface area (TPSA) is 26.0 Å². The van der Waals surface area contributed by atoms with Gasteiger partial charge in [-0.25, -0.2) is 0 Å². The molecule has 0 heterocycles. The van der Waals surface area contributed by atoms with E-state index in [0.29, 0.717) is 5.92 Å². The van der Waals surface area contributed by atoms with Crippen LogP contribution in [0.5, 0.6) is 0 Å². The van der Waals surface area contributed by atoms with Crippen LogP contribution in [0.1, 0.15) is 42.4 Å². The van der Waals surface area contributed by atoms with Gasteiger partial charge in [-0.3, -0.25) is 0 Å². The highest BCUT2D eigenvalue weighted by atomic mass is 35.5. The molecule has 2 rings (SSSR count). The number of halogens is 1. The maximum Gasteiger partial charge on any atom is 0.0411 e. The van der Waals surface area contributed by atoms with Gasteiger partial charge in [-0.05, 0) is 67.0 Å². The zero-order valence-corrected chi connectivity index (χ0v) is 9.98. The van der Waals surface area contributed by atoms with Gasteiger partial charge < -0.3 is 5.73 Å². The Balaban J connectivity index is 2.37. The van der Waals surface area contributed by atoms with E-state index in [-0.39, 0.29) is 0 Å². The molecular formula is C13H18ClN. The van der Waals surface area contributed by atoms with Crippen LogP contribution in [-0.2, 0) is 12.8 Å². The molecule has 1 unspecified atom stereocenters. The van der Waals surface area contributed by atoms with Gasteiger partial charge in [0.25, 0.3) is 0 Å². The highest BCUT2D eigenvalue weighted by Gasteiger charge is 2.18. The predicted molar refractivity (Wildman–Crippen MR) is 65.6 cm³/mol. The number of aryl methyl sites for hydroxylation is 1. The van der Waals surface area contributed by atoms with Crippen molar-refractivity contribution in [3.8, 4) is 0 Å². The van der Waals surface area contributed by atoms with Crippen LogP contribution in [0, 0.1) is 0 Å². The number of fused-ring (bicyclic) bond motifs is 1. The molecule has 0 spiro atoms. The minimum absolute atomic E-state index is 0.542. The number of nitrogens with two attached hydrogens (primary N) is 1. The average Bonchev–Trinajstić information content (AvgIpc) is 2.64. The Bertz CT molecular complexity index is 360. The first-order valence-corrected chi connectivity index (χ1v) is 6.11. The van der Waals surface area contributed by atoms with Crippen LogP contribution < -0.4 is 5.73 Å². The summed E-state index contributed by atoms with van der Waals surface area (Å²) in [6.07, 6.45) is 4.74. The number of benzene rings is 1. The molecule has 0 aromatic heterocycles. The zero-order valence-electron chi connectivity index (χ0n) is 9.22. The fraction of sp³-hybridized carbons (Fsp3) is 0.538. The van der Waals surface area contributed by atoms with Gasteiger partial charge in [0.15, 0.2) is 0 Å². The molecule has 1 atom stereocenters. The Hall–Kier alpha value is -0.530. The first-order chi connectivity index (χ1) is 7.22. The Kier molecular flexibility index (Phi) is 3.32. The van der Waals surface area contributed by atoms with Crippen molar-refractivity contribution in [1.29, 1.82) is 0 Å². The third kappa shape index (κ3) is 2.19. The molecule has 0 saturated carbocycles. The largest absolute Gasteiger partial charge is 0.330 e. The van der Waals surface area contributed by atoms with E-state index < -0.39 is 0 Å². The molecule has 0 aliphatic heterocycles. The van der Waals surface area contributed by atoms with Crippen molar-refractivity contribution >= 4 is 11.6 Å². The molecule has 1 nitrogen and oxygen atoms in total. The van der Waals surface area contributed by atoms with Gasteiger partial charge in [-0.1, -0.05) is 18.5 Å². The lowest BCUT2D eigenvalue weighted by atomic mass is 9.91. The van der Waals surface area contributed by atoms with Gasteiger partial charge in [0, 0.05) is 5.02 Å². The summed E-state index contributed by atoms with van der Waals surface area (Å²) in [5.41, 5.74) is 10.0. The third-order valence-electron chi connectivity index (χ3n) is 3.35. The highest BCUT2D eigenvalue weighted by Crippen LogP contribution is 2.33. The molecule has 0 fully saturated rings. The number of hydrogen-bond acceptors (Lipinski definition) is 1. The molecule has 1 aliphatic carbocycles. The second-order valence-electron chi connectivity index (χ2n) is 4.46. The fourth-order valence-corrected chi connectivity index (χ4v) is 2.79. The molecule has 0 bridgehead atoms. The molecule has 1 aliphatic rings. The van der Waals surface area contributed by atoms with Crippen molar-refractivity contribution in [2.75, 3.05) is 6.54 Å². The fourth-order valence-electron chi connectivity index (χ4n) is 2.55. The van der Waals surface area contributed by atoms with E-state index in [4.69, 9.17) is 17.3 Å². The molecule has 82 valence electrons. The standard InChI is InChI=1S/C13H18ClN/c1-9(5-6-15)13-8-11(14)7-10-3-2-4-12(10)13/h7-9H,2-6,15H2,1H3. The third-order valence-corrected chi connectivity index (χ3v) is 3.56. The van der Waals surface area contributed by atoms with E-state index in [2.05, 4.69) is 19.1 Å². The van der Waals surface area contributed by atoms with Gasteiger partial charge in [-0.2, -0.15) is 0 Å². The maximum atomic E-state index is 6.14. The average molecular weight is 224 g/mol. The molecule has 15 heavy (non-hydrogen) atoms. The summed E-state index contributed by atoms with van der Waals surface area (Å²) in [6.45, 7) is 3.00. The van der Waals surface area contributed by atoms with Crippen LogP contribution in [0.2, 0.25) is 5.02 Å². The lowest BCUT2D eigenvalue weighted by Gasteiger charge is -2.16. The smallest absolute Gasteiger partial charge is 0.0411 e. The van der Waals surface area contributed by atoms with Crippen molar-refractivity contribution in [3.05, 3.63) is 33.8 Å². The molecular weight excluding hydrogens is 206 g/mol. The SMILES string of the molecule is CC(CCN)c1cc(Cl)cc2c1CCC2. The molecule has 0 radical (unpaired) electrons. The molecule has 2 heteroatoms. The number of hydrogen-bond donors (Lipinski definition) is 1. The lowest BCUT2D eigenvalue weighted by molar-refractivity contribution is 0.683. The van der Waals surface area contributed by atoms with Gasteiger partial charge in [-0.15, -0.1) is 0 Å². The lowest BCUT2D eigenvalue weighted by Crippen LogP contribution is -2.06. The van der Waals surface area contributed by atoms with E-state index in [1.807, 2.05) is 0 Å². The van der Waals surface area contributed by atoms with Gasteiger partial charge in [0.1, 0.15) is 0 Å². The van der Waals surface area contributed by atoms with Crippen molar-refractivity contribution in [2.45, 2.75) is 38.5 Å². The number of rotatable bonds is 3. The summed E-state index contributed by atoms with van der Waals surface area (Å²) in [5, 5.41) is 0.884. The van der Waals surface area contributed by atoms with E-state index in [1.54, 1.807) is 5.56 Å². The van der Waals surface area contributed by atoms with Crippen LogP contribution in [0.4, 0.5) is 0 Å². The van der Waals surface area contributed by atoms with E-state index >= 15 is 0 Å². The summed E-state index contributed by atoms with van der Waals surface area (Å²) >= 11 is 6.14. The molecule has 0 saturated heterocycles. The maximum absolute atomic E-state index is 6.14. The molecule has 2 N–H and O–H groups in total. The Morgan fingerprint density at radius 1 is 1.40 bits per heavy atom. The summed E-state index contributed by atoms with van der Waals surface area (Å²) in [7, 11) is 0. The van der Waals surface area contributed by atoms with Gasteiger partial charge in [0.05, 0.1) is 0 Å². The second-order valence-corrected chi connectivity index (χ2v) is 4.90. The Labute approximate surface area is 96.6 Å². The molecule has 0 amide bonds. The van der Waals surface area contributed by atoms with Crippen LogP contribution in [0.15, 0.2) is 12.1 Å². The van der Waals surface area contributed by atoms with E-state index in [0.717, 1.165) is 18.0 Å². The zero-order chi connectivity index (χ0) is 10.8. The second kappa shape index (κ2) is 4.54. The summed E-state index contributed by atoms with van der Waals surface area (Å²) < 4.78 is 0. The van der Waals surface area contributed by atoms with Crippen molar-refractivity contribution in [1.82, 2.24) is 0 Å². The van der Waals surface area contributed by atoms with E-state index in [9.17, 15) is 0 Å². The monoisotopic (exact) mass is 223 g/mol. The van der Waals surface area contributed by atoms with Gasteiger partial charge >= 0.3 is 0 Å². The van der Waals surface area contributed by atoms with Crippen molar-refractivity contribution < 1.29 is 0 Å². The Morgan fingerprint density at radius 3 is 2.93 bits per heavy atom. The van der Waals surface area contributed by atoms with E-state index in [1.165, 1.54) is 30.4 Å². The van der Waals surface area contributed by atoms with Crippen LogP contribution >= 0.6 is 11.6 Å². The summed E-state index contributed by atoms with van der Waals surface area (Å²) in [4.78, 5) is 0. The normalized spacial score (nSPS) is 16.5. The highest BCUT2D eigenvalue weighted by molar-refractivity contribution is 6.30. The summed E-state index contributed by atoms with van der Waals surface area (Å²) in [6, 6.07) is 4.26. The Morgan fingerprint density at radius 2 is 2.20 bits per heavy atom. The predicted octanol–water partition coefficient (Wildman–Crippen LogP) is 3.28. The first kappa shape index (κ1) is 11.0. The molecule has 1 aromatic carbocycles. The van der Waals surface area contributed by atoms with Crippen molar-refractivity contribution in [2.24, 2.45) is 5.73 Å². The van der Waals surface area contributed by atoms with Crippen LogP contribution in [0.25, 0.3) is 0 Å². The first-order valence-electron chi connectivity index (χ1n) is 5.73. The molecule has 1 aromatic rings. The summed E-state index contributed by atoms with van der Waals surface area (Å²) in [5.74, 6) is 0.542. The van der Waals surface area contributed by atoms with Crippen LogP contribution in [-0.4, -0.2) is 6.54 Å². The quantitative estimate of drug-likeness (QED) is 0.836. The minimum Gasteiger partial charge on any atom is -0.330 e. The minimum atomic E-state index is 0.542.